The van der Waals surface area contributed by atoms with Gasteiger partial charge in [0, 0.05) is 84.7 Å². The van der Waals surface area contributed by atoms with Crippen LogP contribution in [0.15, 0.2) is 88.4 Å². The SMILES string of the molecule is C[C@@H](O)[C@H]1C(=O)N2C(C(=O)OCc3ccc([N+](=O)[O-])cc3)=C(S[C@H]3C[C@@H](C(=O)N4CCN(C=NC(=O)OCc5ccc([N+](=O)[O-])cc5)[C@@H](C)C4)N(C(=O)OCc4ccc([N+](=O)[O-])cc4)C3)[C@H](C)[C@H]12. The van der Waals surface area contributed by atoms with Crippen molar-refractivity contribution in [3.8, 4) is 0 Å². The molecule has 0 unspecified atom stereocenters. The number of carbonyl (C=O) groups is 5. The standard InChI is InChI=1S/C44H46N8O15S/c1-25-19-46(16-17-47(25)24-45-43(57)66-22-29-6-12-32(13-7-29)51(61)62)40(54)35-18-34(20-48(35)44(58)67-23-30-8-14-33(15-9-30)52(63)64)68-39-26(2)37-36(27(3)53)41(55)49(37)38(39)42(56)65-21-28-4-10-31(11-5-28)50(59)60/h4-15,24-27,34-37,53H,16-23H2,1-3H3/t25-,26+,27+,34-,35-,36+,37+/m0/s1. The van der Waals surface area contributed by atoms with Gasteiger partial charge in [-0.25, -0.2) is 14.4 Å². The first kappa shape index (κ1) is 48.5. The fourth-order valence-electron chi connectivity index (χ4n) is 8.61. The van der Waals surface area contributed by atoms with E-state index in [4.69, 9.17) is 14.2 Å². The van der Waals surface area contributed by atoms with E-state index in [-0.39, 0.29) is 81.2 Å². The Kier molecular flexibility index (Phi) is 14.7. The van der Waals surface area contributed by atoms with Crippen LogP contribution in [0.25, 0.3) is 0 Å². The van der Waals surface area contributed by atoms with E-state index in [1.165, 1.54) is 108 Å². The van der Waals surface area contributed by atoms with Crippen molar-refractivity contribution in [2.75, 3.05) is 26.2 Å². The van der Waals surface area contributed by atoms with Crippen LogP contribution in [0.2, 0.25) is 0 Å². The summed E-state index contributed by atoms with van der Waals surface area (Å²) < 4.78 is 16.5. The van der Waals surface area contributed by atoms with Gasteiger partial charge in [-0.15, -0.1) is 11.8 Å². The van der Waals surface area contributed by atoms with Crippen molar-refractivity contribution in [1.82, 2.24) is 19.6 Å². The number of rotatable bonds is 15. The predicted molar refractivity (Wildman–Crippen MR) is 239 cm³/mol. The molecule has 4 amide bonds. The van der Waals surface area contributed by atoms with Gasteiger partial charge in [0.25, 0.3) is 17.1 Å². The van der Waals surface area contributed by atoms with Gasteiger partial charge in [-0.1, -0.05) is 6.92 Å². The molecule has 0 aromatic heterocycles. The molecule has 4 aliphatic rings. The Morgan fingerprint density at radius 3 is 1.81 bits per heavy atom. The first-order valence-electron chi connectivity index (χ1n) is 21.4. The van der Waals surface area contributed by atoms with Crippen LogP contribution in [-0.4, -0.2) is 131 Å². The number of nitro benzene ring substituents is 3. The molecule has 3 aromatic rings. The van der Waals surface area contributed by atoms with Crippen LogP contribution in [0.1, 0.15) is 43.9 Å². The predicted octanol–water partition coefficient (Wildman–Crippen LogP) is 4.93. The number of β-lactam (4-membered cyclic amide) rings is 1. The van der Waals surface area contributed by atoms with Crippen molar-refractivity contribution in [1.29, 1.82) is 0 Å². The Morgan fingerprint density at radius 2 is 1.31 bits per heavy atom. The van der Waals surface area contributed by atoms with Crippen LogP contribution in [0.3, 0.4) is 0 Å². The molecule has 7 atom stereocenters. The Bertz CT molecular complexity index is 2540. The summed E-state index contributed by atoms with van der Waals surface area (Å²) in [7, 11) is 0. The average Bonchev–Trinajstić information content (AvgIpc) is 3.85. The number of hydrogen-bond donors (Lipinski definition) is 1. The quantitative estimate of drug-likeness (QED) is 0.0401. The second kappa shape index (κ2) is 20.6. The molecule has 0 saturated carbocycles. The van der Waals surface area contributed by atoms with Crippen molar-refractivity contribution < 1.29 is 58.1 Å². The molecule has 24 heteroatoms. The van der Waals surface area contributed by atoms with E-state index in [0.29, 0.717) is 21.6 Å². The number of likely N-dealkylation sites (tertiary alicyclic amines) is 1. The van der Waals surface area contributed by atoms with Crippen molar-refractivity contribution in [3.05, 3.63) is 130 Å². The summed E-state index contributed by atoms with van der Waals surface area (Å²) in [5, 5.41) is 43.3. The number of piperazine rings is 1. The fraction of sp³-hybridized carbons (Fsp3) is 0.409. The van der Waals surface area contributed by atoms with Gasteiger partial charge in [-0.2, -0.15) is 4.99 Å². The zero-order chi connectivity index (χ0) is 49.0. The Labute approximate surface area is 391 Å². The third-order valence-corrected chi connectivity index (χ3v) is 13.7. The van der Waals surface area contributed by atoms with Crippen molar-refractivity contribution >= 4 is 65.1 Å². The molecule has 4 heterocycles. The number of aliphatic hydroxyl groups is 1. The topological polar surface area (TPSA) is 288 Å². The van der Waals surface area contributed by atoms with Gasteiger partial charge < -0.3 is 34.0 Å². The van der Waals surface area contributed by atoms with Crippen LogP contribution in [0.4, 0.5) is 26.7 Å². The number of nitro groups is 3. The number of nitrogens with zero attached hydrogens (tertiary/aromatic N) is 8. The van der Waals surface area contributed by atoms with E-state index < -0.39 is 80.0 Å². The summed E-state index contributed by atoms with van der Waals surface area (Å²) in [6.45, 7) is 5.03. The number of benzene rings is 3. The molecule has 3 saturated heterocycles. The van der Waals surface area contributed by atoms with Crippen LogP contribution >= 0.6 is 11.8 Å². The lowest BCUT2D eigenvalue weighted by atomic mass is 9.79. The molecule has 0 radical (unpaired) electrons. The second-order valence-corrected chi connectivity index (χ2v) is 18.0. The number of non-ortho nitro benzene ring substituents is 3. The van der Waals surface area contributed by atoms with Gasteiger partial charge in [0.15, 0.2) is 0 Å². The number of aliphatic imine (C=N–C) groups is 1. The zero-order valence-electron chi connectivity index (χ0n) is 36.9. The average molecular weight is 959 g/mol. The minimum atomic E-state index is -1.04. The monoisotopic (exact) mass is 958 g/mol. The number of hydrogen-bond acceptors (Lipinski definition) is 16. The van der Waals surface area contributed by atoms with Crippen LogP contribution < -0.4 is 0 Å². The highest BCUT2D eigenvalue weighted by atomic mass is 32.2. The van der Waals surface area contributed by atoms with E-state index in [0.717, 1.165) is 0 Å². The lowest BCUT2D eigenvalue weighted by molar-refractivity contribution is -0.385. The molecule has 0 aliphatic carbocycles. The third kappa shape index (κ3) is 10.5. The highest BCUT2D eigenvalue weighted by Crippen LogP contribution is 2.52. The van der Waals surface area contributed by atoms with Gasteiger partial charge in [-0.05, 0) is 73.4 Å². The Morgan fingerprint density at radius 1 is 0.794 bits per heavy atom. The van der Waals surface area contributed by atoms with Crippen molar-refractivity contribution in [3.63, 3.8) is 0 Å². The molecule has 0 bridgehead atoms. The molecule has 68 heavy (non-hydrogen) atoms. The summed E-state index contributed by atoms with van der Waals surface area (Å²) in [4.78, 5) is 110. The highest BCUT2D eigenvalue weighted by molar-refractivity contribution is 8.03. The maximum Gasteiger partial charge on any atom is 0.435 e. The smallest absolute Gasteiger partial charge is 0.435 e. The van der Waals surface area contributed by atoms with E-state index in [9.17, 15) is 59.4 Å². The van der Waals surface area contributed by atoms with Crippen LogP contribution in [-0.2, 0) is 48.4 Å². The fourth-order valence-corrected chi connectivity index (χ4v) is 10.1. The number of thioether (sulfide) groups is 1. The number of ether oxygens (including phenoxy) is 3. The molecule has 4 aliphatic heterocycles. The van der Waals surface area contributed by atoms with E-state index in [1.807, 2.05) is 13.8 Å². The van der Waals surface area contributed by atoms with Gasteiger partial charge in [0.05, 0.1) is 39.2 Å². The zero-order valence-corrected chi connectivity index (χ0v) is 37.7. The summed E-state index contributed by atoms with van der Waals surface area (Å²) in [6.07, 6.45) is -1.34. The summed E-state index contributed by atoms with van der Waals surface area (Å²) in [6, 6.07) is 14.4. The van der Waals surface area contributed by atoms with Gasteiger partial charge in [-0.3, -0.25) is 44.8 Å². The number of fused-ring (bicyclic) bond motifs is 1. The highest BCUT2D eigenvalue weighted by Gasteiger charge is 2.61. The molecule has 358 valence electrons. The molecule has 1 N–H and O–H groups in total. The van der Waals surface area contributed by atoms with E-state index in [2.05, 4.69) is 4.99 Å². The minimum Gasteiger partial charge on any atom is -0.456 e. The maximum absolute atomic E-state index is 14.5. The first-order valence-corrected chi connectivity index (χ1v) is 22.3. The normalized spacial score (nSPS) is 22.7. The lowest BCUT2D eigenvalue weighted by Crippen LogP contribution is -2.63. The van der Waals surface area contributed by atoms with E-state index in [1.54, 1.807) is 9.80 Å². The molecule has 3 aromatic carbocycles. The minimum absolute atomic E-state index is 0.0237. The summed E-state index contributed by atoms with van der Waals surface area (Å²) in [5.74, 6) is -2.97. The van der Waals surface area contributed by atoms with Crippen molar-refractivity contribution in [2.24, 2.45) is 16.8 Å². The van der Waals surface area contributed by atoms with Crippen molar-refractivity contribution in [2.45, 2.75) is 76.5 Å². The van der Waals surface area contributed by atoms with Crippen LogP contribution in [0.5, 0.6) is 0 Å². The largest absolute Gasteiger partial charge is 0.456 e. The van der Waals surface area contributed by atoms with E-state index >= 15 is 0 Å². The molecular formula is C44H46N8O15S. The van der Waals surface area contributed by atoms with Crippen LogP contribution in [0, 0.1) is 42.2 Å². The molecule has 23 nitrogen and oxygen atoms in total. The van der Waals surface area contributed by atoms with Gasteiger partial charge >= 0.3 is 18.2 Å². The molecular weight excluding hydrogens is 913 g/mol. The number of aliphatic hydroxyl groups excluding tert-OH is 1. The molecule has 3 fully saturated rings. The number of carbonyl (C=O) groups excluding carboxylic acids is 5. The Balaban J connectivity index is 1.06. The molecule has 0 spiro atoms. The first-order chi connectivity index (χ1) is 32.4. The summed E-state index contributed by atoms with van der Waals surface area (Å²) in [5.41, 5.74) is 1.01. The van der Waals surface area contributed by atoms with Gasteiger partial charge in [0.1, 0.15) is 31.6 Å². The Hall–Kier alpha value is -7.47. The number of amides is 4. The third-order valence-electron chi connectivity index (χ3n) is 12.2. The summed E-state index contributed by atoms with van der Waals surface area (Å²) >= 11 is 1.22. The number of esters is 1. The van der Waals surface area contributed by atoms with Gasteiger partial charge in [0.2, 0.25) is 11.8 Å². The molecule has 7 rings (SSSR count). The maximum atomic E-state index is 14.5. The lowest BCUT2D eigenvalue weighted by Gasteiger charge is -2.46. The second-order valence-electron chi connectivity index (χ2n) is 16.7.